The van der Waals surface area contributed by atoms with Crippen LogP contribution < -0.4 is 10.1 Å². The van der Waals surface area contributed by atoms with Crippen molar-refractivity contribution in [2.75, 3.05) is 5.32 Å². The maximum atomic E-state index is 12.5. The number of nitrogens with zero attached hydrogens (tertiary/aromatic N) is 1. The number of nitrogens with one attached hydrogen (secondary N) is 1. The van der Waals surface area contributed by atoms with E-state index in [1.165, 1.54) is 0 Å². The molecule has 0 aliphatic carbocycles. The molecule has 2 aromatic carbocycles. The maximum absolute atomic E-state index is 12.5. The van der Waals surface area contributed by atoms with Gasteiger partial charge in [-0.05, 0) is 43.0 Å². The zero-order chi connectivity index (χ0) is 17.5. The molecule has 0 fully saturated rings. The smallest absolute Gasteiger partial charge is 0.265 e. The van der Waals surface area contributed by atoms with Gasteiger partial charge in [0, 0.05) is 5.69 Å². The number of nitriles is 1. The summed E-state index contributed by atoms with van der Waals surface area (Å²) in [6.45, 7) is 5.93. The number of para-hydroxylation sites is 2. The molecule has 0 aromatic heterocycles. The van der Waals surface area contributed by atoms with E-state index in [-0.39, 0.29) is 5.91 Å². The minimum absolute atomic E-state index is 0.238. The van der Waals surface area contributed by atoms with E-state index >= 15 is 0 Å². The van der Waals surface area contributed by atoms with Crippen LogP contribution in [0, 0.1) is 11.3 Å². The number of anilines is 1. The number of amides is 1. The highest BCUT2D eigenvalue weighted by Crippen LogP contribution is 2.27. The lowest BCUT2D eigenvalue weighted by molar-refractivity contribution is -0.122. The summed E-state index contributed by atoms with van der Waals surface area (Å²) in [7, 11) is 0. The van der Waals surface area contributed by atoms with Crippen molar-refractivity contribution < 1.29 is 9.53 Å². The summed E-state index contributed by atoms with van der Waals surface area (Å²) in [4.78, 5) is 12.5. The van der Waals surface area contributed by atoms with Gasteiger partial charge in [0.1, 0.15) is 11.8 Å². The highest BCUT2D eigenvalue weighted by molar-refractivity contribution is 5.94. The van der Waals surface area contributed by atoms with Gasteiger partial charge in [0.05, 0.1) is 5.56 Å². The molecule has 2 rings (SSSR count). The third-order valence-electron chi connectivity index (χ3n) is 4.04. The topological polar surface area (TPSA) is 62.1 Å². The Balaban J connectivity index is 2.12. The highest BCUT2D eigenvalue weighted by atomic mass is 16.5. The second-order valence-corrected chi connectivity index (χ2v) is 5.75. The molecule has 124 valence electrons. The number of carbonyl (C=O) groups excluding carboxylic acids is 1. The molecule has 1 N–H and O–H groups in total. The van der Waals surface area contributed by atoms with Crippen LogP contribution in [0.2, 0.25) is 0 Å². The van der Waals surface area contributed by atoms with E-state index in [0.717, 1.165) is 17.7 Å². The molecule has 4 nitrogen and oxygen atoms in total. The summed E-state index contributed by atoms with van der Waals surface area (Å²) in [6.07, 6.45) is 0.290. The molecule has 0 saturated heterocycles. The van der Waals surface area contributed by atoms with Gasteiger partial charge in [0.25, 0.3) is 5.91 Å². The molecule has 0 radical (unpaired) electrons. The fourth-order valence-electron chi connectivity index (χ4n) is 2.40. The van der Waals surface area contributed by atoms with Crippen molar-refractivity contribution in [2.45, 2.75) is 39.2 Å². The standard InChI is InChI=1S/C20H22N2O2/c1-4-14(2)17-10-6-7-11-18(17)22-20(23)15(3)24-19-12-8-5-9-16(19)13-21/h5-12,14-15H,4H2,1-3H3,(H,22,23)/t14-,15+/m1/s1. The van der Waals surface area contributed by atoms with Gasteiger partial charge in [-0.3, -0.25) is 4.79 Å². The monoisotopic (exact) mass is 322 g/mol. The molecule has 0 saturated carbocycles. The van der Waals surface area contributed by atoms with Crippen LogP contribution in [0.1, 0.15) is 44.2 Å². The van der Waals surface area contributed by atoms with Crippen LogP contribution in [0.15, 0.2) is 48.5 Å². The van der Waals surface area contributed by atoms with Gasteiger partial charge in [-0.2, -0.15) is 5.26 Å². The molecule has 1 amide bonds. The summed E-state index contributed by atoms with van der Waals surface area (Å²) in [6, 6.07) is 16.8. The van der Waals surface area contributed by atoms with E-state index < -0.39 is 6.10 Å². The lowest BCUT2D eigenvalue weighted by Gasteiger charge is -2.19. The molecule has 0 aliphatic heterocycles. The number of benzene rings is 2. The van der Waals surface area contributed by atoms with Gasteiger partial charge in [0.15, 0.2) is 6.10 Å². The molecule has 0 spiro atoms. The van der Waals surface area contributed by atoms with Gasteiger partial charge in [0.2, 0.25) is 0 Å². The Labute approximate surface area is 143 Å². The van der Waals surface area contributed by atoms with Crippen molar-refractivity contribution in [3.63, 3.8) is 0 Å². The third-order valence-corrected chi connectivity index (χ3v) is 4.04. The average molecular weight is 322 g/mol. The van der Waals surface area contributed by atoms with E-state index in [0.29, 0.717) is 17.2 Å². The Hall–Kier alpha value is -2.80. The second kappa shape index (κ2) is 8.16. The fourth-order valence-corrected chi connectivity index (χ4v) is 2.40. The first-order valence-corrected chi connectivity index (χ1v) is 8.12. The number of carbonyl (C=O) groups is 1. The van der Waals surface area contributed by atoms with Crippen LogP contribution in [0.25, 0.3) is 0 Å². The number of ether oxygens (including phenoxy) is 1. The Morgan fingerprint density at radius 1 is 1.17 bits per heavy atom. The van der Waals surface area contributed by atoms with Crippen molar-refractivity contribution in [3.8, 4) is 11.8 Å². The van der Waals surface area contributed by atoms with E-state index in [2.05, 4.69) is 25.2 Å². The van der Waals surface area contributed by atoms with Gasteiger partial charge in [-0.15, -0.1) is 0 Å². The van der Waals surface area contributed by atoms with Crippen LogP contribution >= 0.6 is 0 Å². The molecule has 2 atom stereocenters. The average Bonchev–Trinajstić information content (AvgIpc) is 2.61. The van der Waals surface area contributed by atoms with Gasteiger partial charge in [-0.25, -0.2) is 0 Å². The lowest BCUT2D eigenvalue weighted by atomic mass is 9.97. The normalized spacial score (nSPS) is 12.8. The number of hydrogen-bond acceptors (Lipinski definition) is 3. The van der Waals surface area contributed by atoms with Crippen molar-refractivity contribution >= 4 is 11.6 Å². The predicted molar refractivity (Wildman–Crippen MR) is 95.0 cm³/mol. The lowest BCUT2D eigenvalue weighted by Crippen LogP contribution is -2.30. The fraction of sp³-hybridized carbons (Fsp3) is 0.300. The molecule has 0 bridgehead atoms. The van der Waals surface area contributed by atoms with Crippen LogP contribution in [0.5, 0.6) is 5.75 Å². The van der Waals surface area contributed by atoms with Gasteiger partial charge < -0.3 is 10.1 Å². The summed E-state index contributed by atoms with van der Waals surface area (Å²) in [5.74, 6) is 0.536. The SMILES string of the molecule is CC[C@@H](C)c1ccccc1NC(=O)[C@H](C)Oc1ccccc1C#N. The summed E-state index contributed by atoms with van der Waals surface area (Å²) in [5.41, 5.74) is 2.33. The van der Waals surface area contributed by atoms with Crippen molar-refractivity contribution in [2.24, 2.45) is 0 Å². The summed E-state index contributed by atoms with van der Waals surface area (Å²) in [5, 5.41) is 12.0. The second-order valence-electron chi connectivity index (χ2n) is 5.75. The molecular formula is C20H22N2O2. The summed E-state index contributed by atoms with van der Waals surface area (Å²) >= 11 is 0. The van der Waals surface area contributed by atoms with Crippen molar-refractivity contribution in [1.82, 2.24) is 0 Å². The number of rotatable bonds is 6. The molecule has 0 aliphatic rings. The van der Waals surface area contributed by atoms with E-state index in [1.807, 2.05) is 24.3 Å². The molecule has 24 heavy (non-hydrogen) atoms. The first-order chi connectivity index (χ1) is 11.6. The first kappa shape index (κ1) is 17.6. The van der Waals surface area contributed by atoms with Crippen LogP contribution in [0.3, 0.4) is 0 Å². The van der Waals surface area contributed by atoms with E-state index in [4.69, 9.17) is 10.00 Å². The minimum Gasteiger partial charge on any atom is -0.480 e. The molecule has 2 aromatic rings. The van der Waals surface area contributed by atoms with Crippen LogP contribution in [0.4, 0.5) is 5.69 Å². The van der Waals surface area contributed by atoms with Gasteiger partial charge in [-0.1, -0.05) is 44.2 Å². The Kier molecular flexibility index (Phi) is 5.97. The quantitative estimate of drug-likeness (QED) is 0.853. The first-order valence-electron chi connectivity index (χ1n) is 8.12. The minimum atomic E-state index is -0.704. The Bertz CT molecular complexity index is 749. The predicted octanol–water partition coefficient (Wildman–Crippen LogP) is 4.48. The zero-order valence-corrected chi connectivity index (χ0v) is 14.2. The van der Waals surface area contributed by atoms with Crippen molar-refractivity contribution in [1.29, 1.82) is 5.26 Å². The Morgan fingerprint density at radius 2 is 1.83 bits per heavy atom. The molecular weight excluding hydrogens is 300 g/mol. The summed E-state index contributed by atoms with van der Waals surface area (Å²) < 4.78 is 5.66. The van der Waals surface area contributed by atoms with Crippen molar-refractivity contribution in [3.05, 3.63) is 59.7 Å². The highest BCUT2D eigenvalue weighted by Gasteiger charge is 2.18. The van der Waals surface area contributed by atoms with E-state index in [1.54, 1.807) is 31.2 Å². The van der Waals surface area contributed by atoms with E-state index in [9.17, 15) is 4.79 Å². The molecule has 0 unspecified atom stereocenters. The largest absolute Gasteiger partial charge is 0.480 e. The third kappa shape index (κ3) is 4.14. The zero-order valence-electron chi connectivity index (χ0n) is 14.2. The van der Waals surface area contributed by atoms with Crippen LogP contribution in [-0.2, 0) is 4.79 Å². The number of hydrogen-bond donors (Lipinski definition) is 1. The maximum Gasteiger partial charge on any atom is 0.265 e. The molecule has 4 heteroatoms. The van der Waals surface area contributed by atoms with Gasteiger partial charge >= 0.3 is 0 Å². The van der Waals surface area contributed by atoms with Crippen LogP contribution in [-0.4, -0.2) is 12.0 Å². The molecule has 0 heterocycles. The Morgan fingerprint density at radius 3 is 2.54 bits per heavy atom.